The Kier molecular flexibility index (Phi) is 5.59. The number of alkyl halides is 3. The smallest absolute Gasteiger partial charge is 0.323 e. The third kappa shape index (κ3) is 5.24. The summed E-state index contributed by atoms with van der Waals surface area (Å²) in [6.07, 6.45) is -2.98. The number of halogens is 4. The molecule has 0 bridgehead atoms. The maximum absolute atomic E-state index is 13.5. The molecular formula is C15H12F4N2OS. The molecule has 2 aromatic rings. The molecule has 0 fully saturated rings. The summed E-state index contributed by atoms with van der Waals surface area (Å²) in [5.74, 6) is -1.05. The van der Waals surface area contributed by atoms with E-state index in [2.05, 4.69) is 10.3 Å². The molecule has 0 atom stereocenters. The van der Waals surface area contributed by atoms with Crippen LogP contribution in [0.25, 0.3) is 0 Å². The maximum atomic E-state index is 13.5. The van der Waals surface area contributed by atoms with Crippen molar-refractivity contribution in [3.8, 4) is 0 Å². The van der Waals surface area contributed by atoms with Crippen LogP contribution >= 0.6 is 11.8 Å². The van der Waals surface area contributed by atoms with Crippen molar-refractivity contribution in [2.24, 2.45) is 0 Å². The Morgan fingerprint density at radius 1 is 1.22 bits per heavy atom. The summed E-state index contributed by atoms with van der Waals surface area (Å²) in [6.45, 7) is 0. The fraction of sp³-hybridized carbons (Fsp3) is 0.200. The normalized spacial score (nSPS) is 11.3. The number of anilines is 1. The molecule has 2 rings (SSSR count). The highest BCUT2D eigenvalue weighted by Gasteiger charge is 2.31. The zero-order valence-electron chi connectivity index (χ0n) is 11.7. The summed E-state index contributed by atoms with van der Waals surface area (Å²) in [5.41, 5.74) is -0.728. The summed E-state index contributed by atoms with van der Waals surface area (Å²) >= 11 is 1.23. The van der Waals surface area contributed by atoms with E-state index >= 15 is 0 Å². The Morgan fingerprint density at radius 2 is 2.00 bits per heavy atom. The second-order valence-corrected chi connectivity index (χ2v) is 5.54. The molecule has 0 aliphatic rings. The van der Waals surface area contributed by atoms with Gasteiger partial charge >= 0.3 is 6.18 Å². The molecule has 1 heterocycles. The summed E-state index contributed by atoms with van der Waals surface area (Å²) in [5, 5.41) is 2.15. The van der Waals surface area contributed by atoms with E-state index in [4.69, 9.17) is 0 Å². The van der Waals surface area contributed by atoms with Gasteiger partial charge in [-0.05, 0) is 30.3 Å². The molecule has 1 amide bonds. The van der Waals surface area contributed by atoms with Crippen LogP contribution in [0.5, 0.6) is 0 Å². The van der Waals surface area contributed by atoms with Crippen LogP contribution in [0.3, 0.4) is 0 Å². The third-order valence-electron chi connectivity index (χ3n) is 2.78. The molecule has 1 aromatic heterocycles. The minimum absolute atomic E-state index is 0.0216. The molecule has 8 heteroatoms. The zero-order valence-corrected chi connectivity index (χ0v) is 12.5. The molecule has 1 N–H and O–H groups in total. The van der Waals surface area contributed by atoms with Crippen LogP contribution in [-0.4, -0.2) is 16.6 Å². The Hall–Kier alpha value is -2.09. The van der Waals surface area contributed by atoms with Crippen LogP contribution in [0.15, 0.2) is 42.6 Å². The third-order valence-corrected chi connectivity index (χ3v) is 3.74. The van der Waals surface area contributed by atoms with Gasteiger partial charge in [0.25, 0.3) is 0 Å². The van der Waals surface area contributed by atoms with Crippen LogP contribution in [0, 0.1) is 5.82 Å². The first-order valence-electron chi connectivity index (χ1n) is 6.50. The first-order valence-corrected chi connectivity index (χ1v) is 7.66. The SMILES string of the molecule is O=C(CSCc1ccccn1)Nc1cc(C(F)(F)F)ccc1F. The van der Waals surface area contributed by atoms with Crippen molar-refractivity contribution in [3.63, 3.8) is 0 Å². The number of pyridine rings is 1. The fourth-order valence-electron chi connectivity index (χ4n) is 1.72. The minimum Gasteiger partial charge on any atom is -0.323 e. The molecule has 122 valence electrons. The molecule has 0 aliphatic carbocycles. The monoisotopic (exact) mass is 344 g/mol. The Labute approximate surface area is 134 Å². The number of benzene rings is 1. The van der Waals surface area contributed by atoms with Crippen LogP contribution in [0.2, 0.25) is 0 Å². The van der Waals surface area contributed by atoms with Gasteiger partial charge in [0.15, 0.2) is 0 Å². The summed E-state index contributed by atoms with van der Waals surface area (Å²) in [6, 6.07) is 7.24. The fourth-order valence-corrected chi connectivity index (χ4v) is 2.46. The van der Waals surface area contributed by atoms with Crippen molar-refractivity contribution in [2.45, 2.75) is 11.9 Å². The number of carbonyl (C=O) groups is 1. The van der Waals surface area contributed by atoms with Crippen LogP contribution in [0.4, 0.5) is 23.2 Å². The number of nitrogens with one attached hydrogen (secondary N) is 1. The van der Waals surface area contributed by atoms with E-state index in [0.29, 0.717) is 24.0 Å². The lowest BCUT2D eigenvalue weighted by Gasteiger charge is -2.11. The van der Waals surface area contributed by atoms with Crippen LogP contribution < -0.4 is 5.32 Å². The number of nitrogens with zero attached hydrogens (tertiary/aromatic N) is 1. The predicted molar refractivity (Wildman–Crippen MR) is 80.4 cm³/mol. The number of hydrogen-bond acceptors (Lipinski definition) is 3. The topological polar surface area (TPSA) is 42.0 Å². The molecule has 1 aromatic carbocycles. The first kappa shape index (κ1) is 17.3. The summed E-state index contributed by atoms with van der Waals surface area (Å²) < 4.78 is 51.2. The van der Waals surface area contributed by atoms with Crippen LogP contribution in [0.1, 0.15) is 11.3 Å². The van der Waals surface area contributed by atoms with E-state index in [-0.39, 0.29) is 5.75 Å². The van der Waals surface area contributed by atoms with Crippen molar-refractivity contribution >= 4 is 23.4 Å². The molecule has 0 spiro atoms. The number of carbonyl (C=O) groups excluding carboxylic acids is 1. The Balaban J connectivity index is 1.92. The number of hydrogen-bond donors (Lipinski definition) is 1. The van der Waals surface area contributed by atoms with Gasteiger partial charge in [0.05, 0.1) is 22.7 Å². The van der Waals surface area contributed by atoms with Crippen molar-refractivity contribution in [1.29, 1.82) is 0 Å². The maximum Gasteiger partial charge on any atom is 0.416 e. The van der Waals surface area contributed by atoms with E-state index in [1.165, 1.54) is 11.8 Å². The summed E-state index contributed by atoms with van der Waals surface area (Å²) in [4.78, 5) is 15.8. The van der Waals surface area contributed by atoms with Crippen molar-refractivity contribution in [2.75, 3.05) is 11.1 Å². The predicted octanol–water partition coefficient (Wildman–Crippen LogP) is 4.11. The highest BCUT2D eigenvalue weighted by Crippen LogP contribution is 2.31. The van der Waals surface area contributed by atoms with Gasteiger partial charge in [-0.1, -0.05) is 6.07 Å². The Morgan fingerprint density at radius 3 is 2.65 bits per heavy atom. The molecule has 0 unspecified atom stereocenters. The Bertz CT molecular complexity index is 677. The summed E-state index contributed by atoms with van der Waals surface area (Å²) in [7, 11) is 0. The van der Waals surface area contributed by atoms with Gasteiger partial charge in [0.1, 0.15) is 5.82 Å². The van der Waals surface area contributed by atoms with Gasteiger partial charge in [0.2, 0.25) is 5.91 Å². The first-order chi connectivity index (χ1) is 10.9. The standard InChI is InChI=1S/C15H12F4N2OS/c16-12-5-4-10(15(17,18)19)7-13(12)21-14(22)9-23-8-11-3-1-2-6-20-11/h1-7H,8-9H2,(H,21,22). The van der Waals surface area contributed by atoms with Gasteiger partial charge < -0.3 is 5.32 Å². The number of thioether (sulfide) groups is 1. The lowest BCUT2D eigenvalue weighted by Crippen LogP contribution is -2.16. The molecule has 0 saturated heterocycles. The van der Waals surface area contributed by atoms with Crippen molar-refractivity contribution in [1.82, 2.24) is 4.98 Å². The largest absolute Gasteiger partial charge is 0.416 e. The number of amides is 1. The second-order valence-electron chi connectivity index (χ2n) is 4.55. The van der Waals surface area contributed by atoms with Gasteiger partial charge in [-0.3, -0.25) is 9.78 Å². The molecular weight excluding hydrogens is 332 g/mol. The minimum atomic E-state index is -4.60. The van der Waals surface area contributed by atoms with E-state index in [1.54, 1.807) is 24.4 Å². The zero-order chi connectivity index (χ0) is 16.9. The quantitative estimate of drug-likeness (QED) is 0.830. The number of rotatable bonds is 5. The highest BCUT2D eigenvalue weighted by atomic mass is 32.2. The molecule has 3 nitrogen and oxygen atoms in total. The number of aromatic nitrogens is 1. The van der Waals surface area contributed by atoms with Crippen LogP contribution in [-0.2, 0) is 16.7 Å². The second kappa shape index (κ2) is 7.45. The molecule has 0 aliphatic heterocycles. The van der Waals surface area contributed by atoms with E-state index < -0.39 is 29.2 Å². The van der Waals surface area contributed by atoms with Gasteiger partial charge in [0, 0.05) is 11.9 Å². The molecule has 23 heavy (non-hydrogen) atoms. The molecule has 0 radical (unpaired) electrons. The van der Waals surface area contributed by atoms with E-state index in [1.807, 2.05) is 0 Å². The highest BCUT2D eigenvalue weighted by molar-refractivity contribution is 7.99. The van der Waals surface area contributed by atoms with Gasteiger partial charge in [-0.2, -0.15) is 13.2 Å². The van der Waals surface area contributed by atoms with Crippen molar-refractivity contribution in [3.05, 3.63) is 59.7 Å². The average molecular weight is 344 g/mol. The van der Waals surface area contributed by atoms with Gasteiger partial charge in [-0.15, -0.1) is 11.8 Å². The lowest BCUT2D eigenvalue weighted by molar-refractivity contribution is -0.137. The van der Waals surface area contributed by atoms with Gasteiger partial charge in [-0.25, -0.2) is 4.39 Å². The average Bonchev–Trinajstić information content (AvgIpc) is 2.49. The lowest BCUT2D eigenvalue weighted by atomic mass is 10.2. The van der Waals surface area contributed by atoms with E-state index in [9.17, 15) is 22.4 Å². The molecule has 0 saturated carbocycles. The van der Waals surface area contributed by atoms with Crippen molar-refractivity contribution < 1.29 is 22.4 Å². The van der Waals surface area contributed by atoms with E-state index in [0.717, 1.165) is 5.69 Å².